The van der Waals surface area contributed by atoms with Crippen LogP contribution in [-0.2, 0) is 28.6 Å². The molecule has 0 aromatic carbocycles. The molecule has 0 saturated heterocycles. The van der Waals surface area contributed by atoms with Crippen molar-refractivity contribution in [3.8, 4) is 0 Å². The lowest BCUT2D eigenvalue weighted by atomic mass is 10.1. The smallest absolute Gasteiger partial charge is 0.306 e. The molecule has 0 bridgehead atoms. The van der Waals surface area contributed by atoms with Crippen molar-refractivity contribution in [2.45, 2.75) is 264 Å². The van der Waals surface area contributed by atoms with Crippen molar-refractivity contribution in [3.63, 3.8) is 0 Å². The Morgan fingerprint density at radius 3 is 0.912 bits per heavy atom. The molecule has 0 fully saturated rings. The van der Waals surface area contributed by atoms with E-state index in [1.165, 1.54) is 89.9 Å². The van der Waals surface area contributed by atoms with E-state index in [-0.39, 0.29) is 31.1 Å². The second-order valence-corrected chi connectivity index (χ2v) is 18.5. The highest BCUT2D eigenvalue weighted by molar-refractivity contribution is 5.71. The topological polar surface area (TPSA) is 78.9 Å². The van der Waals surface area contributed by atoms with Gasteiger partial charge in [0.25, 0.3) is 0 Å². The first-order valence-electron chi connectivity index (χ1n) is 28.2. The highest BCUT2D eigenvalue weighted by Gasteiger charge is 2.19. The minimum absolute atomic E-state index is 0.0916. The van der Waals surface area contributed by atoms with E-state index in [1.54, 1.807) is 0 Å². The number of unbranched alkanes of at least 4 members (excludes halogenated alkanes) is 23. The van der Waals surface area contributed by atoms with Gasteiger partial charge in [-0.25, -0.2) is 0 Å². The van der Waals surface area contributed by atoms with Gasteiger partial charge >= 0.3 is 17.9 Å². The quantitative estimate of drug-likeness (QED) is 0.0262. The summed E-state index contributed by atoms with van der Waals surface area (Å²) in [6, 6.07) is 0. The van der Waals surface area contributed by atoms with Crippen LogP contribution in [0.3, 0.4) is 0 Å². The largest absolute Gasteiger partial charge is 0.462 e. The zero-order valence-corrected chi connectivity index (χ0v) is 44.3. The molecule has 0 aliphatic carbocycles. The van der Waals surface area contributed by atoms with Crippen LogP contribution < -0.4 is 0 Å². The molecule has 0 heterocycles. The molecule has 0 N–H and O–H groups in total. The van der Waals surface area contributed by atoms with Gasteiger partial charge < -0.3 is 14.2 Å². The normalized spacial score (nSPS) is 12.8. The van der Waals surface area contributed by atoms with E-state index >= 15 is 0 Å². The van der Waals surface area contributed by atoms with Gasteiger partial charge in [0.15, 0.2) is 6.10 Å². The third kappa shape index (κ3) is 53.3. The Morgan fingerprint density at radius 1 is 0.309 bits per heavy atom. The van der Waals surface area contributed by atoms with Crippen molar-refractivity contribution >= 4 is 17.9 Å². The molecule has 0 aromatic rings. The van der Waals surface area contributed by atoms with Crippen LogP contribution in [0.15, 0.2) is 97.2 Å². The number of esters is 3. The van der Waals surface area contributed by atoms with Crippen LogP contribution in [-0.4, -0.2) is 37.2 Å². The van der Waals surface area contributed by atoms with Crippen molar-refractivity contribution < 1.29 is 28.6 Å². The van der Waals surface area contributed by atoms with Crippen molar-refractivity contribution in [2.24, 2.45) is 0 Å². The molecule has 68 heavy (non-hydrogen) atoms. The fourth-order valence-electron chi connectivity index (χ4n) is 7.55. The number of carbonyl (C=O) groups is 3. The second-order valence-electron chi connectivity index (χ2n) is 18.5. The number of hydrogen-bond acceptors (Lipinski definition) is 6. The highest BCUT2D eigenvalue weighted by atomic mass is 16.6. The fourth-order valence-corrected chi connectivity index (χ4v) is 7.55. The van der Waals surface area contributed by atoms with Crippen LogP contribution in [0.25, 0.3) is 0 Å². The summed E-state index contributed by atoms with van der Waals surface area (Å²) in [4.78, 5) is 38.1. The Kier molecular flexibility index (Phi) is 52.9. The van der Waals surface area contributed by atoms with Gasteiger partial charge in [-0.1, -0.05) is 214 Å². The summed E-state index contributed by atoms with van der Waals surface area (Å²) in [7, 11) is 0. The second kappa shape index (κ2) is 55.9. The Balaban J connectivity index is 4.38. The van der Waals surface area contributed by atoms with Gasteiger partial charge in [0.1, 0.15) is 13.2 Å². The summed E-state index contributed by atoms with van der Waals surface area (Å²) in [5.41, 5.74) is 0. The summed E-state index contributed by atoms with van der Waals surface area (Å²) in [6.07, 6.45) is 73.9. The van der Waals surface area contributed by atoms with E-state index in [4.69, 9.17) is 14.2 Å². The maximum atomic E-state index is 12.8. The van der Waals surface area contributed by atoms with E-state index in [0.29, 0.717) is 19.3 Å². The molecule has 0 spiro atoms. The predicted octanol–water partition coefficient (Wildman–Crippen LogP) is 18.9. The Bertz CT molecular complexity index is 1360. The summed E-state index contributed by atoms with van der Waals surface area (Å²) in [5, 5.41) is 0. The molecule has 1 atom stereocenters. The Labute approximate surface area is 419 Å². The number of ether oxygens (including phenoxy) is 3. The Hall–Kier alpha value is -3.67. The van der Waals surface area contributed by atoms with Gasteiger partial charge in [-0.15, -0.1) is 0 Å². The third-order valence-corrected chi connectivity index (χ3v) is 11.8. The average Bonchev–Trinajstić information content (AvgIpc) is 3.34. The molecule has 0 aliphatic rings. The molecule has 0 aliphatic heterocycles. The van der Waals surface area contributed by atoms with E-state index < -0.39 is 6.10 Å². The van der Waals surface area contributed by atoms with Crippen LogP contribution in [0.1, 0.15) is 258 Å². The molecule has 6 heteroatoms. The van der Waals surface area contributed by atoms with Gasteiger partial charge in [-0.05, 0) is 122 Å². The first-order chi connectivity index (χ1) is 33.5. The van der Waals surface area contributed by atoms with Crippen molar-refractivity contribution in [1.82, 2.24) is 0 Å². The number of rotatable bonds is 50. The molecule has 0 amide bonds. The molecule has 388 valence electrons. The van der Waals surface area contributed by atoms with Crippen molar-refractivity contribution in [2.75, 3.05) is 13.2 Å². The molecule has 0 rings (SSSR count). The number of hydrogen-bond donors (Lipinski definition) is 0. The monoisotopic (exact) mass is 945 g/mol. The van der Waals surface area contributed by atoms with Gasteiger partial charge in [-0.2, -0.15) is 0 Å². The van der Waals surface area contributed by atoms with Crippen LogP contribution >= 0.6 is 0 Å². The van der Waals surface area contributed by atoms with Gasteiger partial charge in [0, 0.05) is 19.3 Å². The first-order valence-corrected chi connectivity index (χ1v) is 28.2. The molecule has 0 saturated carbocycles. The number of allylic oxidation sites excluding steroid dienone is 16. The highest BCUT2D eigenvalue weighted by Crippen LogP contribution is 2.14. The van der Waals surface area contributed by atoms with Gasteiger partial charge in [0.2, 0.25) is 0 Å². The zero-order chi connectivity index (χ0) is 49.3. The summed E-state index contributed by atoms with van der Waals surface area (Å²) in [5.74, 6) is -0.924. The molecular weight excluding hydrogens is 841 g/mol. The lowest BCUT2D eigenvalue weighted by molar-refractivity contribution is -0.167. The summed E-state index contributed by atoms with van der Waals surface area (Å²) < 4.78 is 16.8. The van der Waals surface area contributed by atoms with Gasteiger partial charge in [0.05, 0.1) is 0 Å². The lowest BCUT2D eigenvalue weighted by Crippen LogP contribution is -2.30. The minimum atomic E-state index is -0.794. The first kappa shape index (κ1) is 64.3. The van der Waals surface area contributed by atoms with Crippen LogP contribution in [0.5, 0.6) is 0 Å². The maximum absolute atomic E-state index is 12.8. The molecule has 6 nitrogen and oxygen atoms in total. The van der Waals surface area contributed by atoms with Crippen molar-refractivity contribution in [3.05, 3.63) is 97.2 Å². The molecule has 0 aromatic heterocycles. The third-order valence-electron chi connectivity index (χ3n) is 11.8. The zero-order valence-electron chi connectivity index (χ0n) is 44.3. The molecule has 0 radical (unpaired) electrons. The van der Waals surface area contributed by atoms with Crippen LogP contribution in [0, 0.1) is 0 Å². The van der Waals surface area contributed by atoms with Crippen LogP contribution in [0.2, 0.25) is 0 Å². The van der Waals surface area contributed by atoms with Crippen molar-refractivity contribution in [1.29, 1.82) is 0 Å². The summed E-state index contributed by atoms with van der Waals surface area (Å²) >= 11 is 0. The molecule has 1 unspecified atom stereocenters. The summed E-state index contributed by atoms with van der Waals surface area (Å²) in [6.45, 7) is 6.45. The molecular formula is C62H104O6. The average molecular weight is 946 g/mol. The van der Waals surface area contributed by atoms with E-state index in [1.807, 2.05) is 0 Å². The van der Waals surface area contributed by atoms with Crippen LogP contribution in [0.4, 0.5) is 0 Å². The number of carbonyl (C=O) groups excluding carboxylic acids is 3. The maximum Gasteiger partial charge on any atom is 0.306 e. The van der Waals surface area contributed by atoms with E-state index in [2.05, 4.69) is 118 Å². The lowest BCUT2D eigenvalue weighted by Gasteiger charge is -2.18. The Morgan fingerprint density at radius 2 is 0.574 bits per heavy atom. The minimum Gasteiger partial charge on any atom is -0.462 e. The fraction of sp³-hybridized carbons (Fsp3) is 0.694. The predicted molar refractivity (Wildman–Crippen MR) is 293 cm³/mol. The standard InChI is InChI=1S/C62H104O6/c1-4-7-10-13-16-19-22-25-27-28-29-30-31-32-33-34-36-37-40-43-46-49-52-55-61(64)67-58-59(57-66-60(63)54-51-48-45-42-39-24-21-18-15-12-9-6-3)68-62(65)56-53-50-47-44-41-38-35-26-23-20-17-14-11-8-5-2/h7,10,16-21,25-27,29-30,32-33,35,59H,4-6,8-9,11-15,22-24,28,31,34,36-58H2,1-3H3/b10-7-,19-16-,20-17-,21-18-,27-25-,30-29-,33-32-,35-26-. The van der Waals surface area contributed by atoms with E-state index in [9.17, 15) is 14.4 Å². The van der Waals surface area contributed by atoms with E-state index in [0.717, 1.165) is 128 Å². The van der Waals surface area contributed by atoms with Gasteiger partial charge in [-0.3, -0.25) is 14.4 Å². The SMILES string of the molecule is CC/C=C\C/C=C\C/C=C\C/C=C\C/C=C\CCCCCCCCCC(=O)OCC(COC(=O)CCCCCCC/C=C\CCCCC)OC(=O)CCCCCCC/C=C\C/C=C\CCCCC.